The molecule has 0 aliphatic carbocycles. The van der Waals surface area contributed by atoms with Crippen LogP contribution in [0.25, 0.3) is 0 Å². The highest BCUT2D eigenvalue weighted by Crippen LogP contribution is 2.18. The third-order valence-electron chi connectivity index (χ3n) is 3.85. The Hall–Kier alpha value is -3.61. The van der Waals surface area contributed by atoms with Crippen LogP contribution in [0.5, 0.6) is 5.75 Å². The predicted octanol–water partition coefficient (Wildman–Crippen LogP) is 4.18. The Morgan fingerprint density at radius 1 is 1.07 bits per heavy atom. The second kappa shape index (κ2) is 8.85. The van der Waals surface area contributed by atoms with E-state index in [1.54, 1.807) is 24.3 Å². The molecule has 0 fully saturated rings. The molecule has 0 aliphatic rings. The lowest BCUT2D eigenvalue weighted by atomic mass is 10.2. The van der Waals surface area contributed by atoms with Crippen molar-refractivity contribution in [1.29, 1.82) is 0 Å². The summed E-state index contributed by atoms with van der Waals surface area (Å²) in [6.07, 6.45) is 0.185. The molecule has 0 saturated carbocycles. The molecule has 144 valence electrons. The Labute approximate surface area is 160 Å². The molecule has 28 heavy (non-hydrogen) atoms. The Morgan fingerprint density at radius 3 is 2.54 bits per heavy atom. The molecule has 0 unspecified atom stereocenters. The molecule has 1 heterocycles. The average molecular weight is 383 g/mol. The zero-order valence-corrected chi connectivity index (χ0v) is 15.1. The molecule has 6 nitrogen and oxygen atoms in total. The van der Waals surface area contributed by atoms with E-state index in [1.807, 2.05) is 18.2 Å². The van der Waals surface area contributed by atoms with Crippen LogP contribution < -0.4 is 10.1 Å². The third-order valence-corrected chi connectivity index (χ3v) is 3.85. The lowest BCUT2D eigenvalue weighted by Crippen LogP contribution is -2.30. The predicted molar refractivity (Wildman–Crippen MR) is 99.4 cm³/mol. The number of nitrogens with one attached hydrogen (secondary N) is 1. The second-order valence-corrected chi connectivity index (χ2v) is 5.89. The first-order valence-corrected chi connectivity index (χ1v) is 8.55. The number of esters is 1. The third kappa shape index (κ3) is 4.76. The number of anilines is 1. The van der Waals surface area contributed by atoms with Crippen LogP contribution in [0.15, 0.2) is 71.3 Å². The van der Waals surface area contributed by atoms with Gasteiger partial charge in [-0.05, 0) is 37.3 Å². The topological polar surface area (TPSA) is 77.8 Å². The van der Waals surface area contributed by atoms with Crippen LogP contribution >= 0.6 is 0 Å². The average Bonchev–Trinajstić information content (AvgIpc) is 3.17. The maximum Gasteiger partial charge on any atom is 0.375 e. The van der Waals surface area contributed by atoms with Crippen molar-refractivity contribution in [3.8, 4) is 5.75 Å². The minimum atomic E-state index is -1.15. The molecule has 1 N–H and O–H groups in total. The summed E-state index contributed by atoms with van der Waals surface area (Å²) in [5.41, 5.74) is 0.487. The van der Waals surface area contributed by atoms with Crippen molar-refractivity contribution in [3.63, 3.8) is 0 Å². The number of amides is 1. The number of carbonyl (C=O) groups is 2. The molecule has 0 saturated heterocycles. The van der Waals surface area contributed by atoms with Gasteiger partial charge >= 0.3 is 5.97 Å². The quantitative estimate of drug-likeness (QED) is 0.619. The van der Waals surface area contributed by atoms with Gasteiger partial charge < -0.3 is 19.2 Å². The molecule has 0 aliphatic heterocycles. The van der Waals surface area contributed by atoms with E-state index in [-0.39, 0.29) is 18.1 Å². The fourth-order valence-electron chi connectivity index (χ4n) is 2.37. The lowest BCUT2D eigenvalue weighted by molar-refractivity contribution is -0.123. The molecule has 7 heteroatoms. The summed E-state index contributed by atoms with van der Waals surface area (Å²) in [5.74, 6) is -1.47. The van der Waals surface area contributed by atoms with E-state index in [1.165, 1.54) is 31.4 Å². The Morgan fingerprint density at radius 2 is 1.79 bits per heavy atom. The summed E-state index contributed by atoms with van der Waals surface area (Å²) in [6, 6.07) is 16.4. The van der Waals surface area contributed by atoms with Gasteiger partial charge in [0.2, 0.25) is 5.76 Å². The van der Waals surface area contributed by atoms with Gasteiger partial charge in [0.1, 0.15) is 18.2 Å². The Balaban J connectivity index is 1.59. The number of halogens is 1. The van der Waals surface area contributed by atoms with Crippen LogP contribution in [0, 0.1) is 5.82 Å². The van der Waals surface area contributed by atoms with E-state index in [2.05, 4.69) is 5.32 Å². The standard InChI is InChI=1S/C21H18FNO5/c1-14(20(24)23-18-10-6-5-9-17(18)22)28-21(25)19-15(11-12-26-19)13-27-16-7-3-2-4-8-16/h2-12,14H,13H2,1H3,(H,23,24)/t14-/m0/s1. The van der Waals surface area contributed by atoms with Crippen molar-refractivity contribution in [2.75, 3.05) is 5.32 Å². The molecular weight excluding hydrogens is 365 g/mol. The zero-order chi connectivity index (χ0) is 19.9. The van der Waals surface area contributed by atoms with E-state index in [4.69, 9.17) is 13.9 Å². The minimum absolute atomic E-state index is 0.00495. The van der Waals surface area contributed by atoms with E-state index in [9.17, 15) is 14.0 Å². The van der Waals surface area contributed by atoms with Crippen molar-refractivity contribution in [2.45, 2.75) is 19.6 Å². The minimum Gasteiger partial charge on any atom is -0.489 e. The van der Waals surface area contributed by atoms with Crippen molar-refractivity contribution < 1.29 is 27.9 Å². The normalized spacial score (nSPS) is 11.5. The maximum atomic E-state index is 13.6. The molecule has 1 atom stereocenters. The number of rotatable bonds is 7. The summed E-state index contributed by atoms with van der Waals surface area (Å²) in [6.45, 7) is 1.48. The maximum absolute atomic E-state index is 13.6. The monoisotopic (exact) mass is 383 g/mol. The van der Waals surface area contributed by atoms with Gasteiger partial charge in [-0.25, -0.2) is 9.18 Å². The van der Waals surface area contributed by atoms with Crippen LogP contribution in [0.4, 0.5) is 10.1 Å². The van der Waals surface area contributed by atoms with Crippen LogP contribution in [0.3, 0.4) is 0 Å². The first-order valence-electron chi connectivity index (χ1n) is 8.55. The molecule has 0 bridgehead atoms. The summed E-state index contributed by atoms with van der Waals surface area (Å²) in [7, 11) is 0. The van der Waals surface area contributed by atoms with Crippen molar-refractivity contribution in [2.24, 2.45) is 0 Å². The molecule has 1 amide bonds. The summed E-state index contributed by atoms with van der Waals surface area (Å²) in [4.78, 5) is 24.5. The number of carbonyl (C=O) groups excluding carboxylic acids is 2. The number of hydrogen-bond donors (Lipinski definition) is 1. The first kappa shape index (κ1) is 19.2. The van der Waals surface area contributed by atoms with Crippen LogP contribution in [-0.4, -0.2) is 18.0 Å². The second-order valence-electron chi connectivity index (χ2n) is 5.89. The van der Waals surface area contributed by atoms with Gasteiger partial charge in [0.25, 0.3) is 5.91 Å². The van der Waals surface area contributed by atoms with Gasteiger partial charge in [0.15, 0.2) is 6.10 Å². The van der Waals surface area contributed by atoms with E-state index < -0.39 is 23.8 Å². The smallest absolute Gasteiger partial charge is 0.375 e. The highest BCUT2D eigenvalue weighted by molar-refractivity contribution is 5.97. The number of benzene rings is 2. The molecule has 1 aromatic heterocycles. The van der Waals surface area contributed by atoms with Crippen LogP contribution in [0.2, 0.25) is 0 Å². The molecule has 0 radical (unpaired) electrons. The van der Waals surface area contributed by atoms with Crippen molar-refractivity contribution >= 4 is 17.6 Å². The molecule has 2 aromatic carbocycles. The van der Waals surface area contributed by atoms with Gasteiger partial charge in [-0.3, -0.25) is 4.79 Å². The highest BCUT2D eigenvalue weighted by Gasteiger charge is 2.24. The first-order chi connectivity index (χ1) is 13.5. The van der Waals surface area contributed by atoms with Gasteiger partial charge in [-0.15, -0.1) is 0 Å². The fraction of sp³-hybridized carbons (Fsp3) is 0.143. The lowest BCUT2D eigenvalue weighted by Gasteiger charge is -2.13. The van der Waals surface area contributed by atoms with E-state index >= 15 is 0 Å². The molecule has 0 spiro atoms. The fourth-order valence-corrected chi connectivity index (χ4v) is 2.37. The van der Waals surface area contributed by atoms with E-state index in [0.717, 1.165) is 0 Å². The highest BCUT2D eigenvalue weighted by atomic mass is 19.1. The molecular formula is C21H18FNO5. The number of hydrogen-bond acceptors (Lipinski definition) is 5. The number of ether oxygens (including phenoxy) is 2. The van der Waals surface area contributed by atoms with Crippen LogP contribution in [-0.2, 0) is 16.1 Å². The summed E-state index contributed by atoms with van der Waals surface area (Å²) < 4.78 is 29.5. The van der Waals surface area contributed by atoms with Gasteiger partial charge in [-0.1, -0.05) is 30.3 Å². The molecule has 3 rings (SSSR count). The SMILES string of the molecule is C[C@H](OC(=O)c1occc1COc1ccccc1)C(=O)Nc1ccccc1F. The Kier molecular flexibility index (Phi) is 6.06. The van der Waals surface area contributed by atoms with Gasteiger partial charge in [-0.2, -0.15) is 0 Å². The largest absolute Gasteiger partial charge is 0.489 e. The van der Waals surface area contributed by atoms with Gasteiger partial charge in [0, 0.05) is 5.56 Å². The number of para-hydroxylation sites is 2. The van der Waals surface area contributed by atoms with Gasteiger partial charge in [0.05, 0.1) is 12.0 Å². The van der Waals surface area contributed by atoms with Crippen molar-refractivity contribution in [1.82, 2.24) is 0 Å². The van der Waals surface area contributed by atoms with Crippen LogP contribution in [0.1, 0.15) is 23.0 Å². The zero-order valence-electron chi connectivity index (χ0n) is 15.1. The van der Waals surface area contributed by atoms with Crippen molar-refractivity contribution in [3.05, 3.63) is 84.1 Å². The number of furan rings is 1. The van der Waals surface area contributed by atoms with E-state index in [0.29, 0.717) is 11.3 Å². The Bertz CT molecular complexity index is 954. The summed E-state index contributed by atoms with van der Waals surface area (Å²) in [5, 5.41) is 2.38. The summed E-state index contributed by atoms with van der Waals surface area (Å²) >= 11 is 0. The molecule has 3 aromatic rings.